The molecule has 29 heavy (non-hydrogen) atoms. The fraction of sp³-hybridized carbons (Fsp3) is 0.130. The Labute approximate surface area is 173 Å². The molecule has 2 aromatic carbocycles. The van der Waals surface area contributed by atoms with Gasteiger partial charge in [0.05, 0.1) is 18.0 Å². The molecule has 0 spiro atoms. The minimum Gasteiger partial charge on any atom is -0.477 e. The van der Waals surface area contributed by atoms with Crippen LogP contribution in [0.4, 0.5) is 4.39 Å². The third kappa shape index (κ3) is 4.66. The summed E-state index contributed by atoms with van der Waals surface area (Å²) in [6, 6.07) is 20.4. The van der Waals surface area contributed by atoms with E-state index in [1.54, 1.807) is 18.3 Å². The van der Waals surface area contributed by atoms with Crippen LogP contribution in [0.1, 0.15) is 5.56 Å². The average molecular weight is 405 g/mol. The van der Waals surface area contributed by atoms with Gasteiger partial charge in [0.2, 0.25) is 5.88 Å². The van der Waals surface area contributed by atoms with E-state index in [1.807, 2.05) is 36.6 Å². The van der Waals surface area contributed by atoms with Gasteiger partial charge in [-0.3, -0.25) is 0 Å². The average Bonchev–Trinajstić information content (AvgIpc) is 3.20. The number of nitrogens with zero attached hydrogens (tertiary/aromatic N) is 2. The monoisotopic (exact) mass is 405 g/mol. The standard InChI is InChI=1S/C23H20FN3OS/c1-29-23-26-21(17-7-9-19(24)10-8-17)22(27-23)18-11-13-25-20(15-18)28-14-12-16-5-3-2-4-6-16/h2-11,13,15H,12,14H2,1H3,(H,26,27). The molecule has 2 heterocycles. The maximum absolute atomic E-state index is 13.3. The van der Waals surface area contributed by atoms with Crippen LogP contribution in [-0.4, -0.2) is 27.8 Å². The number of rotatable bonds is 7. The van der Waals surface area contributed by atoms with Gasteiger partial charge in [0.1, 0.15) is 5.82 Å². The first kappa shape index (κ1) is 19.2. The molecule has 0 unspecified atom stereocenters. The van der Waals surface area contributed by atoms with Crippen LogP contribution in [0.15, 0.2) is 78.1 Å². The summed E-state index contributed by atoms with van der Waals surface area (Å²) in [7, 11) is 0. The number of aromatic nitrogens is 3. The van der Waals surface area contributed by atoms with Crippen molar-refractivity contribution in [3.8, 4) is 28.4 Å². The summed E-state index contributed by atoms with van der Waals surface area (Å²) in [4.78, 5) is 12.3. The smallest absolute Gasteiger partial charge is 0.213 e. The van der Waals surface area contributed by atoms with E-state index in [9.17, 15) is 4.39 Å². The first-order valence-corrected chi connectivity index (χ1v) is 10.5. The molecule has 146 valence electrons. The van der Waals surface area contributed by atoms with Crippen molar-refractivity contribution in [1.29, 1.82) is 0 Å². The highest BCUT2D eigenvalue weighted by atomic mass is 32.2. The molecule has 0 aliphatic carbocycles. The van der Waals surface area contributed by atoms with Gasteiger partial charge in [-0.15, -0.1) is 0 Å². The van der Waals surface area contributed by atoms with Crippen molar-refractivity contribution in [2.24, 2.45) is 0 Å². The molecule has 0 saturated heterocycles. The maximum atomic E-state index is 13.3. The number of imidazole rings is 1. The van der Waals surface area contributed by atoms with Crippen LogP contribution >= 0.6 is 11.8 Å². The van der Waals surface area contributed by atoms with E-state index < -0.39 is 0 Å². The Balaban J connectivity index is 1.57. The van der Waals surface area contributed by atoms with Crippen molar-refractivity contribution < 1.29 is 9.13 Å². The Morgan fingerprint density at radius 3 is 2.55 bits per heavy atom. The van der Waals surface area contributed by atoms with Gasteiger partial charge >= 0.3 is 0 Å². The van der Waals surface area contributed by atoms with E-state index in [0.29, 0.717) is 12.5 Å². The Morgan fingerprint density at radius 2 is 1.79 bits per heavy atom. The Kier molecular flexibility index (Phi) is 5.91. The summed E-state index contributed by atoms with van der Waals surface area (Å²) < 4.78 is 19.2. The van der Waals surface area contributed by atoms with E-state index in [2.05, 4.69) is 22.1 Å². The second-order valence-corrected chi connectivity index (χ2v) is 7.24. The van der Waals surface area contributed by atoms with Crippen LogP contribution in [0.2, 0.25) is 0 Å². The summed E-state index contributed by atoms with van der Waals surface area (Å²) in [6.45, 7) is 0.544. The third-order valence-electron chi connectivity index (χ3n) is 4.50. The van der Waals surface area contributed by atoms with Crippen molar-refractivity contribution in [3.63, 3.8) is 0 Å². The van der Waals surface area contributed by atoms with Crippen molar-refractivity contribution in [3.05, 3.63) is 84.3 Å². The van der Waals surface area contributed by atoms with Gasteiger partial charge in [-0.2, -0.15) is 0 Å². The number of halogens is 1. The van der Waals surface area contributed by atoms with Crippen LogP contribution < -0.4 is 4.74 Å². The predicted octanol–water partition coefficient (Wildman–Crippen LogP) is 5.62. The molecule has 0 fully saturated rings. The van der Waals surface area contributed by atoms with Gasteiger partial charge in [0.25, 0.3) is 0 Å². The quantitative estimate of drug-likeness (QED) is 0.405. The van der Waals surface area contributed by atoms with E-state index >= 15 is 0 Å². The second-order valence-electron chi connectivity index (χ2n) is 6.44. The lowest BCUT2D eigenvalue weighted by Crippen LogP contribution is -2.02. The zero-order valence-electron chi connectivity index (χ0n) is 15.9. The van der Waals surface area contributed by atoms with E-state index in [1.165, 1.54) is 29.5 Å². The normalized spacial score (nSPS) is 10.8. The lowest BCUT2D eigenvalue weighted by atomic mass is 10.1. The SMILES string of the molecule is CSc1nc(-c2ccnc(OCCc3ccccc3)c2)c(-c2ccc(F)cc2)[nH]1. The summed E-state index contributed by atoms with van der Waals surface area (Å²) in [5.74, 6) is 0.287. The van der Waals surface area contributed by atoms with Gasteiger partial charge in [-0.05, 0) is 42.2 Å². The molecule has 0 radical (unpaired) electrons. The molecule has 2 aromatic heterocycles. The van der Waals surface area contributed by atoms with Crippen molar-refractivity contribution in [2.45, 2.75) is 11.6 Å². The number of pyridine rings is 1. The zero-order valence-corrected chi connectivity index (χ0v) is 16.7. The molecule has 0 bridgehead atoms. The van der Waals surface area contributed by atoms with Crippen LogP contribution in [-0.2, 0) is 6.42 Å². The Bertz CT molecular complexity index is 1080. The van der Waals surface area contributed by atoms with Gasteiger partial charge in [0, 0.05) is 29.8 Å². The van der Waals surface area contributed by atoms with Crippen LogP contribution in [0.25, 0.3) is 22.5 Å². The first-order chi connectivity index (χ1) is 14.2. The number of H-pyrrole nitrogens is 1. The van der Waals surface area contributed by atoms with Crippen molar-refractivity contribution in [2.75, 3.05) is 12.9 Å². The van der Waals surface area contributed by atoms with E-state index in [4.69, 9.17) is 9.72 Å². The maximum Gasteiger partial charge on any atom is 0.213 e. The molecule has 0 saturated carbocycles. The molecular formula is C23H20FN3OS. The molecule has 1 N–H and O–H groups in total. The molecule has 0 atom stereocenters. The molecule has 0 aliphatic rings. The number of benzene rings is 2. The molecule has 0 amide bonds. The highest BCUT2D eigenvalue weighted by molar-refractivity contribution is 7.98. The fourth-order valence-electron chi connectivity index (χ4n) is 3.04. The van der Waals surface area contributed by atoms with Crippen molar-refractivity contribution >= 4 is 11.8 Å². The second kappa shape index (κ2) is 8.92. The number of nitrogens with one attached hydrogen (secondary N) is 1. The fourth-order valence-corrected chi connectivity index (χ4v) is 3.42. The summed E-state index contributed by atoms with van der Waals surface area (Å²) in [5, 5.41) is 0.794. The highest BCUT2D eigenvalue weighted by Gasteiger charge is 2.15. The van der Waals surface area contributed by atoms with Crippen LogP contribution in [0, 0.1) is 5.82 Å². The van der Waals surface area contributed by atoms with Gasteiger partial charge in [-0.1, -0.05) is 42.1 Å². The number of hydrogen-bond acceptors (Lipinski definition) is 4. The number of thioether (sulfide) groups is 1. The highest BCUT2D eigenvalue weighted by Crippen LogP contribution is 2.33. The minimum atomic E-state index is -0.266. The first-order valence-electron chi connectivity index (χ1n) is 9.26. The summed E-state index contributed by atoms with van der Waals surface area (Å²) in [6.07, 6.45) is 4.49. The van der Waals surface area contributed by atoms with Gasteiger partial charge in [-0.25, -0.2) is 14.4 Å². The number of ether oxygens (including phenoxy) is 1. The number of aromatic amines is 1. The largest absolute Gasteiger partial charge is 0.477 e. The molecule has 4 aromatic rings. The lowest BCUT2D eigenvalue weighted by Gasteiger charge is -2.08. The Hall–Kier alpha value is -3.12. The van der Waals surface area contributed by atoms with Gasteiger partial charge < -0.3 is 9.72 Å². The molecule has 0 aliphatic heterocycles. The lowest BCUT2D eigenvalue weighted by molar-refractivity contribution is 0.309. The molecular weight excluding hydrogens is 385 g/mol. The van der Waals surface area contributed by atoms with Gasteiger partial charge in [0.15, 0.2) is 5.16 Å². The number of hydrogen-bond donors (Lipinski definition) is 1. The minimum absolute atomic E-state index is 0.266. The van der Waals surface area contributed by atoms with Crippen molar-refractivity contribution in [1.82, 2.24) is 15.0 Å². The Morgan fingerprint density at radius 1 is 1.00 bits per heavy atom. The van der Waals surface area contributed by atoms with Crippen LogP contribution in [0.5, 0.6) is 5.88 Å². The van der Waals surface area contributed by atoms with E-state index in [-0.39, 0.29) is 5.82 Å². The summed E-state index contributed by atoms with van der Waals surface area (Å²) >= 11 is 1.52. The molecule has 4 nitrogen and oxygen atoms in total. The molecule has 4 rings (SSSR count). The zero-order chi connectivity index (χ0) is 20.1. The summed E-state index contributed by atoms with van der Waals surface area (Å²) in [5.41, 5.74) is 4.62. The van der Waals surface area contributed by atoms with E-state index in [0.717, 1.165) is 34.1 Å². The topological polar surface area (TPSA) is 50.8 Å². The third-order valence-corrected chi connectivity index (χ3v) is 5.08. The van der Waals surface area contributed by atoms with Crippen LogP contribution in [0.3, 0.4) is 0 Å². The molecule has 6 heteroatoms. The predicted molar refractivity (Wildman–Crippen MR) is 115 cm³/mol.